The number of imidazole rings is 1. The Morgan fingerprint density at radius 2 is 2.00 bits per heavy atom. The molecule has 0 saturated heterocycles. The van der Waals surface area contributed by atoms with Crippen molar-refractivity contribution in [3.63, 3.8) is 0 Å². The number of aryl methyl sites for hydroxylation is 2. The van der Waals surface area contributed by atoms with Crippen LogP contribution in [0.2, 0.25) is 0 Å². The summed E-state index contributed by atoms with van der Waals surface area (Å²) in [5.74, 6) is 1.53. The highest BCUT2D eigenvalue weighted by molar-refractivity contribution is 7.92. The van der Waals surface area contributed by atoms with Crippen LogP contribution in [0.5, 0.6) is 11.5 Å². The Labute approximate surface area is 121 Å². The van der Waals surface area contributed by atoms with Crippen LogP contribution in [0.25, 0.3) is 0 Å². The molecule has 8 nitrogen and oxygen atoms in total. The highest BCUT2D eigenvalue weighted by Gasteiger charge is 2.22. The average molecular weight is 310 g/mol. The van der Waals surface area contributed by atoms with Crippen molar-refractivity contribution in [3.05, 3.63) is 24.2 Å². The van der Waals surface area contributed by atoms with E-state index < -0.39 is 10.0 Å². The number of hydrogen-bond acceptors (Lipinski definition) is 6. The molecule has 2 aromatic rings. The molecule has 1 aliphatic heterocycles. The van der Waals surface area contributed by atoms with E-state index in [4.69, 9.17) is 15.2 Å². The van der Waals surface area contributed by atoms with Gasteiger partial charge in [-0.3, -0.25) is 4.72 Å². The van der Waals surface area contributed by atoms with Crippen LogP contribution >= 0.6 is 0 Å². The normalized spacial score (nSPS) is 13.4. The van der Waals surface area contributed by atoms with E-state index in [0.717, 1.165) is 0 Å². The first-order chi connectivity index (χ1) is 9.87. The number of nitrogens with two attached hydrogens (primary N) is 1. The number of nitrogens with one attached hydrogen (secondary N) is 1. The number of nitrogen functional groups attached to an aromatic ring is 1. The highest BCUT2D eigenvalue weighted by Crippen LogP contribution is 2.38. The second kappa shape index (κ2) is 4.55. The number of benzene rings is 1. The number of aromatic nitrogens is 2. The van der Waals surface area contributed by atoms with Crippen molar-refractivity contribution in [2.75, 3.05) is 17.2 Å². The second-order valence-corrected chi connectivity index (χ2v) is 6.26. The largest absolute Gasteiger partial charge is 0.454 e. The summed E-state index contributed by atoms with van der Waals surface area (Å²) in [5.41, 5.74) is 6.30. The van der Waals surface area contributed by atoms with E-state index in [1.165, 1.54) is 18.3 Å². The molecule has 1 aromatic carbocycles. The van der Waals surface area contributed by atoms with Gasteiger partial charge < -0.3 is 19.8 Å². The monoisotopic (exact) mass is 310 g/mol. The van der Waals surface area contributed by atoms with Gasteiger partial charge in [0.05, 0.1) is 11.4 Å². The van der Waals surface area contributed by atoms with Crippen LogP contribution in [0, 0.1) is 6.92 Å². The fourth-order valence-electron chi connectivity index (χ4n) is 1.90. The molecule has 0 fully saturated rings. The fourth-order valence-corrected chi connectivity index (χ4v) is 3.02. The van der Waals surface area contributed by atoms with Gasteiger partial charge in [-0.2, -0.15) is 8.42 Å². The average Bonchev–Trinajstić information content (AvgIpc) is 2.97. The SMILES string of the molecule is Cc1nc(S(=O)(=O)Nc2cc3c(cc2N)OCO3)cn1C. The van der Waals surface area contributed by atoms with E-state index >= 15 is 0 Å². The van der Waals surface area contributed by atoms with E-state index in [-0.39, 0.29) is 23.2 Å². The predicted molar refractivity (Wildman–Crippen MR) is 75.7 cm³/mol. The Morgan fingerprint density at radius 3 is 2.62 bits per heavy atom. The maximum Gasteiger partial charge on any atom is 0.281 e. The summed E-state index contributed by atoms with van der Waals surface area (Å²) in [6, 6.07) is 3.01. The van der Waals surface area contributed by atoms with E-state index in [1.54, 1.807) is 18.5 Å². The zero-order valence-corrected chi connectivity index (χ0v) is 12.3. The van der Waals surface area contributed by atoms with Crippen LogP contribution in [0.1, 0.15) is 5.82 Å². The van der Waals surface area contributed by atoms with Gasteiger partial charge in [0.2, 0.25) is 6.79 Å². The third-order valence-corrected chi connectivity index (χ3v) is 4.39. The second-order valence-electron chi connectivity index (χ2n) is 4.64. The number of sulfonamides is 1. The van der Waals surface area contributed by atoms with Crippen LogP contribution in [0.3, 0.4) is 0 Å². The van der Waals surface area contributed by atoms with E-state index in [0.29, 0.717) is 17.3 Å². The molecule has 3 N–H and O–H groups in total. The minimum Gasteiger partial charge on any atom is -0.454 e. The fraction of sp³-hybridized carbons (Fsp3) is 0.250. The Hall–Kier alpha value is -2.42. The van der Waals surface area contributed by atoms with Crippen molar-refractivity contribution in [1.82, 2.24) is 9.55 Å². The Balaban J connectivity index is 1.96. The Bertz CT molecular complexity index is 793. The van der Waals surface area contributed by atoms with Crippen molar-refractivity contribution < 1.29 is 17.9 Å². The van der Waals surface area contributed by atoms with Crippen LogP contribution in [-0.2, 0) is 17.1 Å². The smallest absolute Gasteiger partial charge is 0.281 e. The summed E-state index contributed by atoms with van der Waals surface area (Å²) in [5, 5.41) is -0.0698. The van der Waals surface area contributed by atoms with Gasteiger partial charge in [0.1, 0.15) is 5.82 Å². The van der Waals surface area contributed by atoms with Gasteiger partial charge in [-0.25, -0.2) is 4.98 Å². The molecule has 3 rings (SSSR count). The molecule has 1 aliphatic rings. The first-order valence-electron chi connectivity index (χ1n) is 6.09. The molecule has 0 unspecified atom stereocenters. The van der Waals surface area contributed by atoms with Gasteiger partial charge in [-0.1, -0.05) is 0 Å². The van der Waals surface area contributed by atoms with Crippen LogP contribution in [0.4, 0.5) is 11.4 Å². The number of rotatable bonds is 3. The van der Waals surface area contributed by atoms with E-state index in [9.17, 15) is 8.42 Å². The number of nitrogens with zero attached hydrogens (tertiary/aromatic N) is 2. The molecule has 21 heavy (non-hydrogen) atoms. The zero-order chi connectivity index (χ0) is 15.2. The third kappa shape index (κ3) is 2.35. The Kier molecular flexibility index (Phi) is 2.94. The first kappa shape index (κ1) is 13.6. The molecule has 0 aliphatic carbocycles. The molecule has 0 radical (unpaired) electrons. The lowest BCUT2D eigenvalue weighted by molar-refractivity contribution is 0.174. The molecule has 0 atom stereocenters. The molecular weight excluding hydrogens is 296 g/mol. The first-order valence-corrected chi connectivity index (χ1v) is 7.57. The maximum atomic E-state index is 12.3. The number of hydrogen-bond donors (Lipinski definition) is 2. The summed E-state index contributed by atoms with van der Waals surface area (Å²) in [6.07, 6.45) is 1.43. The van der Waals surface area contributed by atoms with Crippen molar-refractivity contribution in [1.29, 1.82) is 0 Å². The minimum absolute atomic E-state index is 0.0698. The standard InChI is InChI=1S/C12H14N4O4S/c1-7-14-12(5-16(7)2)21(17,18)15-9-4-11-10(3-8(9)13)19-6-20-11/h3-5,15H,6,13H2,1-2H3. The molecular formula is C12H14N4O4S. The lowest BCUT2D eigenvalue weighted by Gasteiger charge is -2.09. The van der Waals surface area contributed by atoms with Crippen LogP contribution < -0.4 is 19.9 Å². The van der Waals surface area contributed by atoms with Crippen molar-refractivity contribution >= 4 is 21.4 Å². The molecule has 1 aromatic heterocycles. The lowest BCUT2D eigenvalue weighted by atomic mass is 10.2. The zero-order valence-electron chi connectivity index (χ0n) is 11.5. The van der Waals surface area contributed by atoms with Gasteiger partial charge in [0, 0.05) is 25.4 Å². The van der Waals surface area contributed by atoms with Gasteiger partial charge in [-0.15, -0.1) is 0 Å². The molecule has 112 valence electrons. The van der Waals surface area contributed by atoms with Gasteiger partial charge >= 0.3 is 0 Å². The lowest BCUT2D eigenvalue weighted by Crippen LogP contribution is -2.14. The van der Waals surface area contributed by atoms with Gasteiger partial charge in [0.15, 0.2) is 16.5 Å². The van der Waals surface area contributed by atoms with Crippen molar-refractivity contribution in [2.24, 2.45) is 7.05 Å². The summed E-state index contributed by atoms with van der Waals surface area (Å²) < 4.78 is 39.0. The quantitative estimate of drug-likeness (QED) is 0.813. The van der Waals surface area contributed by atoms with Crippen molar-refractivity contribution in [2.45, 2.75) is 11.9 Å². The van der Waals surface area contributed by atoms with Crippen LogP contribution in [0.15, 0.2) is 23.4 Å². The van der Waals surface area contributed by atoms with Gasteiger partial charge in [0.25, 0.3) is 10.0 Å². The molecule has 0 amide bonds. The topological polar surface area (TPSA) is 108 Å². The number of ether oxygens (including phenoxy) is 2. The molecule has 9 heteroatoms. The third-order valence-electron chi connectivity index (χ3n) is 3.15. The van der Waals surface area contributed by atoms with E-state index in [1.807, 2.05) is 0 Å². The van der Waals surface area contributed by atoms with Crippen molar-refractivity contribution in [3.8, 4) is 11.5 Å². The maximum absolute atomic E-state index is 12.3. The molecule has 0 spiro atoms. The number of anilines is 2. The summed E-state index contributed by atoms with van der Waals surface area (Å²) >= 11 is 0. The minimum atomic E-state index is -3.81. The van der Waals surface area contributed by atoms with Gasteiger partial charge in [-0.05, 0) is 6.92 Å². The Morgan fingerprint density at radius 1 is 1.33 bits per heavy atom. The predicted octanol–water partition coefficient (Wildman–Crippen LogP) is 0.840. The summed E-state index contributed by atoms with van der Waals surface area (Å²) in [6.45, 7) is 1.80. The molecule has 2 heterocycles. The molecule has 0 saturated carbocycles. The summed E-state index contributed by atoms with van der Waals surface area (Å²) in [4.78, 5) is 4.00. The molecule has 0 bridgehead atoms. The highest BCUT2D eigenvalue weighted by atomic mass is 32.2. The van der Waals surface area contributed by atoms with E-state index in [2.05, 4.69) is 9.71 Å². The van der Waals surface area contributed by atoms with Crippen LogP contribution in [-0.4, -0.2) is 24.8 Å². The summed E-state index contributed by atoms with van der Waals surface area (Å²) in [7, 11) is -2.09. The number of fused-ring (bicyclic) bond motifs is 1.